The molecule has 4 unspecified atom stereocenters. The number of esters is 1. The molecule has 1 N–H and O–H groups in total. The fourth-order valence-corrected chi connectivity index (χ4v) is 5.54. The third-order valence-electron chi connectivity index (χ3n) is 6.51. The molecule has 6 nitrogen and oxygen atoms in total. The summed E-state index contributed by atoms with van der Waals surface area (Å²) in [6.45, 7) is 1.94. The predicted molar refractivity (Wildman–Crippen MR) is 121 cm³/mol. The van der Waals surface area contributed by atoms with Crippen molar-refractivity contribution >= 4 is 35.2 Å². The summed E-state index contributed by atoms with van der Waals surface area (Å²) in [6.07, 6.45) is 2.25. The Kier molecular flexibility index (Phi) is 6.09. The summed E-state index contributed by atoms with van der Waals surface area (Å²) in [4.78, 5) is 41.6. The fourth-order valence-electron chi connectivity index (χ4n) is 5.01. The van der Waals surface area contributed by atoms with Gasteiger partial charge in [0.15, 0.2) is 0 Å². The summed E-state index contributed by atoms with van der Waals surface area (Å²) in [7, 11) is 1.29. The summed E-state index contributed by atoms with van der Waals surface area (Å²) in [5, 5.41) is 3.37. The van der Waals surface area contributed by atoms with Crippen LogP contribution < -0.4 is 10.2 Å². The number of hydrogen-bond donors (Lipinski definition) is 1. The number of carbonyl (C=O) groups is 3. The Bertz CT molecular complexity index is 1060. The molecule has 0 aliphatic carbocycles. The van der Waals surface area contributed by atoms with Crippen LogP contribution in [0.4, 0.5) is 10.1 Å². The van der Waals surface area contributed by atoms with Crippen LogP contribution in [-0.4, -0.2) is 42.4 Å². The van der Waals surface area contributed by atoms with Gasteiger partial charge < -0.3 is 4.74 Å². The fraction of sp³-hybridized carbons (Fsp3) is 0.375. The van der Waals surface area contributed by atoms with E-state index in [9.17, 15) is 18.8 Å². The molecular weight excluding hydrogens is 431 g/mol. The lowest BCUT2D eigenvalue weighted by Crippen LogP contribution is -2.56. The molecule has 2 aromatic rings. The number of thioether (sulfide) groups is 1. The second-order valence-electron chi connectivity index (χ2n) is 8.18. The number of carbonyl (C=O) groups excluding carboxylic acids is 3. The number of anilines is 1. The zero-order valence-corrected chi connectivity index (χ0v) is 18.9. The smallest absolute Gasteiger partial charge is 0.326 e. The van der Waals surface area contributed by atoms with Crippen LogP contribution in [0.3, 0.4) is 0 Å². The molecule has 2 aliphatic rings. The monoisotopic (exact) mass is 456 g/mol. The molecule has 2 heterocycles. The van der Waals surface area contributed by atoms with Gasteiger partial charge in [-0.1, -0.05) is 24.3 Å². The van der Waals surface area contributed by atoms with E-state index in [-0.39, 0.29) is 0 Å². The van der Waals surface area contributed by atoms with Crippen molar-refractivity contribution in [2.24, 2.45) is 11.8 Å². The molecule has 0 spiro atoms. The molecule has 0 saturated carbocycles. The van der Waals surface area contributed by atoms with Crippen molar-refractivity contribution in [2.45, 2.75) is 24.9 Å². The molecular formula is C24H25FN2O4S. The average molecular weight is 457 g/mol. The van der Waals surface area contributed by atoms with Gasteiger partial charge in [0.25, 0.3) is 0 Å². The number of benzene rings is 2. The summed E-state index contributed by atoms with van der Waals surface area (Å²) >= 11 is 1.55. The van der Waals surface area contributed by atoms with Crippen molar-refractivity contribution in [1.82, 2.24) is 5.32 Å². The van der Waals surface area contributed by atoms with Crippen molar-refractivity contribution in [2.75, 3.05) is 24.0 Å². The molecule has 32 heavy (non-hydrogen) atoms. The van der Waals surface area contributed by atoms with Crippen molar-refractivity contribution in [3.05, 3.63) is 65.5 Å². The number of ether oxygens (including phenoxy) is 1. The van der Waals surface area contributed by atoms with Crippen LogP contribution in [0.15, 0.2) is 48.5 Å². The van der Waals surface area contributed by atoms with E-state index >= 15 is 0 Å². The van der Waals surface area contributed by atoms with Crippen LogP contribution in [0, 0.1) is 24.6 Å². The highest BCUT2D eigenvalue weighted by Gasteiger charge is 2.68. The first-order valence-electron chi connectivity index (χ1n) is 10.4. The molecule has 2 fully saturated rings. The van der Waals surface area contributed by atoms with Gasteiger partial charge in [-0.2, -0.15) is 11.8 Å². The highest BCUT2D eigenvalue weighted by atomic mass is 32.2. The second kappa shape index (κ2) is 8.67. The number of nitrogens with zero attached hydrogens (tertiary/aromatic N) is 1. The number of hydrogen-bond acceptors (Lipinski definition) is 6. The molecule has 2 aromatic carbocycles. The molecule has 0 radical (unpaired) electrons. The van der Waals surface area contributed by atoms with Crippen molar-refractivity contribution in [1.29, 1.82) is 0 Å². The third-order valence-corrected chi connectivity index (χ3v) is 7.13. The van der Waals surface area contributed by atoms with E-state index in [1.54, 1.807) is 11.8 Å². The van der Waals surface area contributed by atoms with E-state index in [2.05, 4.69) is 5.32 Å². The molecule has 2 saturated heterocycles. The Morgan fingerprint density at radius 2 is 1.84 bits per heavy atom. The van der Waals surface area contributed by atoms with Crippen LogP contribution >= 0.6 is 11.8 Å². The zero-order valence-electron chi connectivity index (χ0n) is 18.1. The maximum absolute atomic E-state index is 13.7. The molecule has 2 amide bonds. The molecule has 2 aliphatic heterocycles. The summed E-state index contributed by atoms with van der Waals surface area (Å²) in [5.41, 5.74) is 0.772. The van der Waals surface area contributed by atoms with Gasteiger partial charge in [-0.3, -0.25) is 19.7 Å². The molecule has 168 valence electrons. The number of nitrogens with one attached hydrogen (secondary N) is 1. The highest BCUT2D eigenvalue weighted by Crippen LogP contribution is 2.51. The van der Waals surface area contributed by atoms with Crippen LogP contribution in [0.5, 0.6) is 0 Å². The van der Waals surface area contributed by atoms with Crippen LogP contribution in [0.2, 0.25) is 0 Å². The Balaban J connectivity index is 1.87. The number of imide groups is 1. The van der Waals surface area contributed by atoms with E-state index in [0.717, 1.165) is 16.0 Å². The maximum Gasteiger partial charge on any atom is 0.326 e. The second-order valence-corrected chi connectivity index (χ2v) is 9.16. The van der Waals surface area contributed by atoms with Gasteiger partial charge in [-0.05, 0) is 60.7 Å². The molecule has 4 atom stereocenters. The van der Waals surface area contributed by atoms with Gasteiger partial charge in [0.05, 0.1) is 24.6 Å². The zero-order chi connectivity index (χ0) is 23.0. The minimum absolute atomic E-state index is 0.294. The maximum atomic E-state index is 13.7. The van der Waals surface area contributed by atoms with Gasteiger partial charge in [0.1, 0.15) is 11.4 Å². The number of halogens is 1. The number of amides is 2. The molecule has 0 bridgehead atoms. The van der Waals surface area contributed by atoms with Gasteiger partial charge >= 0.3 is 5.97 Å². The number of fused-ring (bicyclic) bond motifs is 1. The van der Waals surface area contributed by atoms with Crippen LogP contribution in [0.1, 0.15) is 23.6 Å². The first kappa shape index (κ1) is 22.5. The number of methoxy groups -OCH3 is 1. The lowest BCUT2D eigenvalue weighted by molar-refractivity contribution is -0.152. The lowest BCUT2D eigenvalue weighted by Gasteiger charge is -2.32. The number of rotatable bonds is 6. The van der Waals surface area contributed by atoms with E-state index in [1.165, 1.54) is 31.4 Å². The normalized spacial score (nSPS) is 27.0. The first-order chi connectivity index (χ1) is 15.4. The van der Waals surface area contributed by atoms with Crippen molar-refractivity contribution in [3.63, 3.8) is 0 Å². The van der Waals surface area contributed by atoms with E-state index in [0.29, 0.717) is 17.9 Å². The highest BCUT2D eigenvalue weighted by molar-refractivity contribution is 7.98. The van der Waals surface area contributed by atoms with Crippen molar-refractivity contribution < 1.29 is 23.5 Å². The Hall–Kier alpha value is -2.71. The minimum Gasteiger partial charge on any atom is -0.468 e. The summed E-state index contributed by atoms with van der Waals surface area (Å²) in [5.74, 6) is -3.00. The minimum atomic E-state index is -1.34. The first-order valence-corrected chi connectivity index (χ1v) is 11.8. The molecule has 8 heteroatoms. The Morgan fingerprint density at radius 3 is 2.47 bits per heavy atom. The molecule has 0 aromatic heterocycles. The predicted octanol–water partition coefficient (Wildman–Crippen LogP) is 3.25. The van der Waals surface area contributed by atoms with Gasteiger partial charge in [-0.25, -0.2) is 9.29 Å². The van der Waals surface area contributed by atoms with Gasteiger partial charge in [0.2, 0.25) is 11.8 Å². The largest absolute Gasteiger partial charge is 0.468 e. The quantitative estimate of drug-likeness (QED) is 0.531. The average Bonchev–Trinajstić information content (AvgIpc) is 3.27. The van der Waals surface area contributed by atoms with Gasteiger partial charge in [0, 0.05) is 6.04 Å². The van der Waals surface area contributed by atoms with Crippen LogP contribution in [-0.2, 0) is 19.1 Å². The SMILES string of the molecule is COC(=O)C1(CCSC)NC(c2ccccc2C)C2C(=O)N(c3ccc(F)cc3)C(=O)C21. The van der Waals surface area contributed by atoms with E-state index < -0.39 is 47.0 Å². The summed E-state index contributed by atoms with van der Waals surface area (Å²) < 4.78 is 18.6. The third kappa shape index (κ3) is 3.42. The standard InChI is InChI=1S/C24H25FN2O4S/c1-14-6-4-5-7-17(14)20-18-19(24(26-20,12-13-32-3)23(30)31-2)22(29)27(21(18)28)16-10-8-15(25)9-11-16/h4-11,18-20,26H,12-13H2,1-3H3. The topological polar surface area (TPSA) is 75.7 Å². The molecule has 4 rings (SSSR count). The Labute approximate surface area is 190 Å². The lowest BCUT2D eigenvalue weighted by atomic mass is 9.77. The summed E-state index contributed by atoms with van der Waals surface area (Å²) in [6, 6.07) is 12.3. The van der Waals surface area contributed by atoms with Gasteiger partial charge in [-0.15, -0.1) is 0 Å². The van der Waals surface area contributed by atoms with E-state index in [1.807, 2.05) is 37.4 Å². The van der Waals surface area contributed by atoms with E-state index in [4.69, 9.17) is 4.74 Å². The Morgan fingerprint density at radius 1 is 1.16 bits per heavy atom. The van der Waals surface area contributed by atoms with Crippen molar-refractivity contribution in [3.8, 4) is 0 Å². The van der Waals surface area contributed by atoms with Crippen LogP contribution in [0.25, 0.3) is 0 Å². The number of aryl methyl sites for hydroxylation is 1.